The molecule has 1 aliphatic rings. The van der Waals surface area contributed by atoms with Gasteiger partial charge in [-0.25, -0.2) is 4.98 Å². The lowest BCUT2D eigenvalue weighted by atomic mass is 10.1. The lowest BCUT2D eigenvalue weighted by molar-refractivity contribution is -0.0528. The third-order valence-electron chi connectivity index (χ3n) is 2.82. The number of aliphatic imine (C=N–C) groups is 1. The standard InChI is InChI=1S/C10H14N4O5/c11-3-12-9(18)5-1-14(4-13-5)10-8(17)7(16)6(2-15)19-10/h1,3-4,6-8,10,15-17H,2H2,(H2,11,12,18)/t6-,7-,8-,10-/m0/s1. The summed E-state index contributed by atoms with van der Waals surface area (Å²) in [6, 6.07) is 0. The van der Waals surface area contributed by atoms with Crippen molar-refractivity contribution in [3.63, 3.8) is 0 Å². The van der Waals surface area contributed by atoms with Gasteiger partial charge in [-0.2, -0.15) is 4.99 Å². The van der Waals surface area contributed by atoms with Gasteiger partial charge in [-0.05, 0) is 0 Å². The molecule has 1 aromatic rings. The van der Waals surface area contributed by atoms with E-state index < -0.39 is 37.1 Å². The number of carbonyl (C=O) groups is 1. The number of hydrogen-bond acceptors (Lipinski definition) is 6. The molecule has 1 amide bonds. The van der Waals surface area contributed by atoms with Crippen LogP contribution in [0.4, 0.5) is 0 Å². The fourth-order valence-electron chi connectivity index (χ4n) is 1.85. The second-order valence-electron chi connectivity index (χ2n) is 4.02. The van der Waals surface area contributed by atoms with E-state index in [2.05, 4.69) is 9.98 Å². The van der Waals surface area contributed by atoms with Crippen LogP contribution in [0.3, 0.4) is 0 Å². The summed E-state index contributed by atoms with van der Waals surface area (Å²) in [6.07, 6.45) is -0.819. The lowest BCUT2D eigenvalue weighted by Crippen LogP contribution is -2.33. The first kappa shape index (κ1) is 13.6. The predicted octanol–water partition coefficient (Wildman–Crippen LogP) is -2.38. The number of nitrogens with zero attached hydrogens (tertiary/aromatic N) is 3. The smallest absolute Gasteiger partial charge is 0.298 e. The summed E-state index contributed by atoms with van der Waals surface area (Å²) in [5.41, 5.74) is 5.03. The Labute approximate surface area is 108 Å². The van der Waals surface area contributed by atoms with Gasteiger partial charge in [-0.1, -0.05) is 0 Å². The monoisotopic (exact) mass is 270 g/mol. The Balaban J connectivity index is 2.17. The minimum atomic E-state index is -1.23. The van der Waals surface area contributed by atoms with Crippen LogP contribution in [0.1, 0.15) is 16.7 Å². The molecule has 104 valence electrons. The topological polar surface area (TPSA) is 143 Å². The molecule has 9 heteroatoms. The Bertz CT molecular complexity index is 488. The fraction of sp³-hybridized carbons (Fsp3) is 0.500. The number of aliphatic hydroxyl groups is 3. The van der Waals surface area contributed by atoms with Crippen LogP contribution >= 0.6 is 0 Å². The summed E-state index contributed by atoms with van der Waals surface area (Å²) in [7, 11) is 0. The quantitative estimate of drug-likeness (QED) is 0.354. The van der Waals surface area contributed by atoms with Crippen LogP contribution in [0.5, 0.6) is 0 Å². The zero-order valence-corrected chi connectivity index (χ0v) is 9.83. The molecule has 2 rings (SSSR count). The number of ether oxygens (including phenoxy) is 1. The highest BCUT2D eigenvalue weighted by atomic mass is 16.6. The third-order valence-corrected chi connectivity index (χ3v) is 2.82. The Kier molecular flexibility index (Phi) is 3.90. The maximum atomic E-state index is 11.4. The van der Waals surface area contributed by atoms with Crippen LogP contribution < -0.4 is 5.73 Å². The number of aliphatic hydroxyl groups excluding tert-OH is 3. The molecule has 0 bridgehead atoms. The molecule has 0 radical (unpaired) electrons. The highest BCUT2D eigenvalue weighted by Gasteiger charge is 2.43. The Morgan fingerprint density at radius 1 is 1.58 bits per heavy atom. The molecule has 0 aromatic carbocycles. The van der Waals surface area contributed by atoms with E-state index in [-0.39, 0.29) is 5.69 Å². The van der Waals surface area contributed by atoms with Crippen molar-refractivity contribution in [3.8, 4) is 0 Å². The van der Waals surface area contributed by atoms with Crippen molar-refractivity contribution in [1.82, 2.24) is 9.55 Å². The second kappa shape index (κ2) is 5.45. The third kappa shape index (κ3) is 2.49. The van der Waals surface area contributed by atoms with Crippen LogP contribution in [0.15, 0.2) is 17.5 Å². The number of amides is 1. The van der Waals surface area contributed by atoms with E-state index in [0.29, 0.717) is 0 Å². The number of imidazole rings is 1. The second-order valence-corrected chi connectivity index (χ2v) is 4.02. The fourth-order valence-corrected chi connectivity index (χ4v) is 1.85. The average Bonchev–Trinajstić information content (AvgIpc) is 2.97. The molecule has 2 heterocycles. The van der Waals surface area contributed by atoms with E-state index in [0.717, 1.165) is 6.34 Å². The minimum absolute atomic E-state index is 0.0273. The van der Waals surface area contributed by atoms with Crippen LogP contribution in [0.2, 0.25) is 0 Å². The summed E-state index contributed by atoms with van der Waals surface area (Å²) >= 11 is 0. The van der Waals surface area contributed by atoms with Crippen molar-refractivity contribution in [2.75, 3.05) is 6.61 Å². The zero-order valence-electron chi connectivity index (χ0n) is 9.83. The van der Waals surface area contributed by atoms with E-state index in [1.165, 1.54) is 17.1 Å². The molecular weight excluding hydrogens is 256 g/mol. The van der Waals surface area contributed by atoms with Gasteiger partial charge < -0.3 is 30.4 Å². The van der Waals surface area contributed by atoms with E-state index in [9.17, 15) is 15.0 Å². The molecule has 0 saturated carbocycles. The number of carbonyl (C=O) groups excluding carboxylic acids is 1. The lowest BCUT2D eigenvalue weighted by Gasteiger charge is -2.15. The summed E-state index contributed by atoms with van der Waals surface area (Å²) in [5, 5.41) is 28.4. The van der Waals surface area contributed by atoms with Gasteiger partial charge in [0.25, 0.3) is 5.91 Å². The summed E-state index contributed by atoms with van der Waals surface area (Å²) in [4.78, 5) is 18.5. The number of rotatable bonds is 3. The molecular formula is C10H14N4O5. The predicted molar refractivity (Wildman–Crippen MR) is 62.2 cm³/mol. The van der Waals surface area contributed by atoms with Crippen molar-refractivity contribution in [2.45, 2.75) is 24.5 Å². The van der Waals surface area contributed by atoms with E-state index in [1.54, 1.807) is 0 Å². The molecule has 5 N–H and O–H groups in total. The van der Waals surface area contributed by atoms with Crippen LogP contribution in [-0.2, 0) is 4.74 Å². The van der Waals surface area contributed by atoms with Crippen molar-refractivity contribution >= 4 is 12.2 Å². The van der Waals surface area contributed by atoms with Crippen molar-refractivity contribution in [2.24, 2.45) is 10.7 Å². The molecule has 1 aromatic heterocycles. The van der Waals surface area contributed by atoms with Gasteiger partial charge in [0.2, 0.25) is 0 Å². The molecule has 1 aliphatic heterocycles. The van der Waals surface area contributed by atoms with Gasteiger partial charge in [0.15, 0.2) is 6.23 Å². The van der Waals surface area contributed by atoms with E-state index >= 15 is 0 Å². The Morgan fingerprint density at radius 3 is 2.89 bits per heavy atom. The van der Waals surface area contributed by atoms with Crippen LogP contribution in [0.25, 0.3) is 0 Å². The van der Waals surface area contributed by atoms with Crippen molar-refractivity contribution < 1.29 is 24.9 Å². The molecule has 19 heavy (non-hydrogen) atoms. The van der Waals surface area contributed by atoms with Gasteiger partial charge in [0.05, 0.1) is 19.3 Å². The number of aromatic nitrogens is 2. The van der Waals surface area contributed by atoms with Gasteiger partial charge in [-0.3, -0.25) is 4.79 Å². The van der Waals surface area contributed by atoms with Gasteiger partial charge >= 0.3 is 0 Å². The van der Waals surface area contributed by atoms with Crippen LogP contribution in [-0.4, -0.2) is 62.0 Å². The van der Waals surface area contributed by atoms with Crippen molar-refractivity contribution in [1.29, 1.82) is 0 Å². The average molecular weight is 270 g/mol. The first-order valence-corrected chi connectivity index (χ1v) is 5.53. The zero-order chi connectivity index (χ0) is 14.0. The SMILES string of the molecule is NC=NC(=O)c1cn([C@H]2O[C@@H](CO)[C@H](O)[C@@H]2O)cn1. The first-order chi connectivity index (χ1) is 9.08. The minimum Gasteiger partial charge on any atom is -0.394 e. The Hall–Kier alpha value is -1.81. The number of hydrogen-bond donors (Lipinski definition) is 4. The Morgan fingerprint density at radius 2 is 2.32 bits per heavy atom. The maximum Gasteiger partial charge on any atom is 0.298 e. The first-order valence-electron chi connectivity index (χ1n) is 5.53. The molecule has 0 spiro atoms. The van der Waals surface area contributed by atoms with E-state index in [1.807, 2.05) is 0 Å². The normalized spacial score (nSPS) is 31.1. The summed E-state index contributed by atoms with van der Waals surface area (Å²) in [6.45, 7) is -0.424. The molecule has 0 unspecified atom stereocenters. The van der Waals surface area contributed by atoms with Crippen molar-refractivity contribution in [3.05, 3.63) is 18.2 Å². The van der Waals surface area contributed by atoms with Crippen LogP contribution in [0, 0.1) is 0 Å². The summed E-state index contributed by atoms with van der Waals surface area (Å²) in [5.74, 6) is -0.631. The molecule has 1 saturated heterocycles. The number of nitrogens with two attached hydrogens (primary N) is 1. The van der Waals surface area contributed by atoms with Gasteiger partial charge in [0, 0.05) is 6.20 Å². The maximum absolute atomic E-state index is 11.4. The highest BCUT2D eigenvalue weighted by molar-refractivity contribution is 5.96. The van der Waals surface area contributed by atoms with E-state index in [4.69, 9.17) is 15.6 Å². The largest absolute Gasteiger partial charge is 0.394 e. The molecule has 0 aliphatic carbocycles. The summed E-state index contributed by atoms with van der Waals surface area (Å²) < 4.78 is 6.59. The van der Waals surface area contributed by atoms with Gasteiger partial charge in [-0.15, -0.1) is 0 Å². The van der Waals surface area contributed by atoms with Gasteiger partial charge in [0.1, 0.15) is 24.0 Å². The highest BCUT2D eigenvalue weighted by Crippen LogP contribution is 2.29. The molecule has 4 atom stereocenters. The molecule has 1 fully saturated rings. The molecule has 9 nitrogen and oxygen atoms in total.